The van der Waals surface area contributed by atoms with Gasteiger partial charge in [0.1, 0.15) is 6.04 Å². The van der Waals surface area contributed by atoms with Gasteiger partial charge < -0.3 is 5.11 Å². The van der Waals surface area contributed by atoms with Crippen LogP contribution in [0.1, 0.15) is 23.2 Å². The number of amidine groups is 1. The second-order valence-electron chi connectivity index (χ2n) is 4.98. The first-order valence-corrected chi connectivity index (χ1v) is 8.18. The maximum Gasteiger partial charge on any atom is 0.414 e. The van der Waals surface area contributed by atoms with Gasteiger partial charge in [-0.05, 0) is 17.4 Å². The fourth-order valence-electron chi connectivity index (χ4n) is 2.75. The maximum absolute atomic E-state index is 11.8. The van der Waals surface area contributed by atoms with Crippen LogP contribution in [0.25, 0.3) is 0 Å². The molecule has 1 heterocycles. The van der Waals surface area contributed by atoms with E-state index in [9.17, 15) is 9.90 Å². The van der Waals surface area contributed by atoms with Crippen LogP contribution in [0.2, 0.25) is 0 Å². The number of hydrogen-bond donors (Lipinski definition) is 1. The second-order valence-corrected chi connectivity index (χ2v) is 5.75. The van der Waals surface area contributed by atoms with Crippen molar-refractivity contribution in [3.8, 4) is 0 Å². The molecule has 0 aliphatic carbocycles. The molecule has 1 aliphatic heterocycles. The predicted octanol–water partition coefficient (Wildman–Crippen LogP) is 4.18. The van der Waals surface area contributed by atoms with Crippen LogP contribution in [-0.2, 0) is 0 Å². The summed E-state index contributed by atoms with van der Waals surface area (Å²) in [5.74, 6) is 0. The molecule has 1 amide bonds. The summed E-state index contributed by atoms with van der Waals surface area (Å²) in [6, 6.07) is 19.0. The van der Waals surface area contributed by atoms with Crippen LogP contribution >= 0.6 is 11.8 Å². The van der Waals surface area contributed by atoms with Gasteiger partial charge in [0.2, 0.25) is 0 Å². The van der Waals surface area contributed by atoms with Gasteiger partial charge in [-0.25, -0.2) is 9.69 Å². The summed E-state index contributed by atoms with van der Waals surface area (Å²) in [4.78, 5) is 17.8. The van der Waals surface area contributed by atoms with Gasteiger partial charge in [0.15, 0.2) is 5.17 Å². The van der Waals surface area contributed by atoms with E-state index in [1.165, 1.54) is 16.7 Å². The van der Waals surface area contributed by atoms with Gasteiger partial charge in [0, 0.05) is 0 Å². The van der Waals surface area contributed by atoms with Gasteiger partial charge in [0.25, 0.3) is 0 Å². The Bertz CT molecular complexity index is 688. The Balaban J connectivity index is 2.10. The lowest BCUT2D eigenvalue weighted by molar-refractivity contribution is 0.157. The van der Waals surface area contributed by atoms with Crippen molar-refractivity contribution in [2.24, 2.45) is 4.99 Å². The Labute approximate surface area is 133 Å². The number of aliphatic imine (C=N–C) groups is 1. The summed E-state index contributed by atoms with van der Waals surface area (Å²) in [6.45, 7) is 0. The number of carbonyl (C=O) groups is 1. The highest BCUT2D eigenvalue weighted by molar-refractivity contribution is 8.13. The zero-order valence-corrected chi connectivity index (χ0v) is 12.9. The molecule has 0 fully saturated rings. The summed E-state index contributed by atoms with van der Waals surface area (Å²) in [5.41, 5.74) is 1.97. The van der Waals surface area contributed by atoms with E-state index in [4.69, 9.17) is 0 Å². The van der Waals surface area contributed by atoms with Gasteiger partial charge in [-0.1, -0.05) is 72.4 Å². The molecule has 2 aromatic rings. The van der Waals surface area contributed by atoms with Crippen molar-refractivity contribution in [3.05, 3.63) is 71.8 Å². The third kappa shape index (κ3) is 2.60. The number of rotatable bonds is 2. The van der Waals surface area contributed by atoms with Crippen molar-refractivity contribution in [2.75, 3.05) is 6.26 Å². The average molecular weight is 312 g/mol. The summed E-state index contributed by atoms with van der Waals surface area (Å²) in [7, 11) is 0. The smallest absolute Gasteiger partial charge is 0.414 e. The number of benzene rings is 2. The molecule has 22 heavy (non-hydrogen) atoms. The molecule has 2 atom stereocenters. The predicted molar refractivity (Wildman–Crippen MR) is 89.2 cm³/mol. The Morgan fingerprint density at radius 2 is 1.59 bits per heavy atom. The third-order valence-corrected chi connectivity index (χ3v) is 4.37. The van der Waals surface area contributed by atoms with Crippen LogP contribution < -0.4 is 0 Å². The van der Waals surface area contributed by atoms with Gasteiger partial charge in [0.05, 0.1) is 6.04 Å². The van der Waals surface area contributed by atoms with Gasteiger partial charge >= 0.3 is 6.09 Å². The van der Waals surface area contributed by atoms with E-state index in [0.717, 1.165) is 11.1 Å². The molecule has 1 N–H and O–H groups in total. The molecule has 0 radical (unpaired) electrons. The van der Waals surface area contributed by atoms with Gasteiger partial charge in [-0.3, -0.25) is 4.99 Å². The lowest BCUT2D eigenvalue weighted by Crippen LogP contribution is -2.34. The number of hydrogen-bond acceptors (Lipinski definition) is 3. The third-order valence-electron chi connectivity index (χ3n) is 3.70. The summed E-state index contributed by atoms with van der Waals surface area (Å²) >= 11 is 1.36. The minimum atomic E-state index is -0.972. The molecule has 112 valence electrons. The van der Waals surface area contributed by atoms with Gasteiger partial charge in [-0.15, -0.1) is 0 Å². The number of nitrogens with zero attached hydrogens (tertiary/aromatic N) is 2. The topological polar surface area (TPSA) is 52.9 Å². The fourth-order valence-corrected chi connectivity index (χ4v) is 3.36. The lowest BCUT2D eigenvalue weighted by atomic mass is 9.94. The monoisotopic (exact) mass is 312 g/mol. The molecule has 3 rings (SSSR count). The fraction of sp³-hybridized carbons (Fsp3) is 0.176. The van der Waals surface area contributed by atoms with Crippen LogP contribution in [0, 0.1) is 0 Å². The van der Waals surface area contributed by atoms with E-state index in [-0.39, 0.29) is 12.1 Å². The van der Waals surface area contributed by atoms with Crippen LogP contribution in [-0.4, -0.2) is 27.5 Å². The first kappa shape index (κ1) is 14.7. The average Bonchev–Trinajstić information content (AvgIpc) is 2.96. The van der Waals surface area contributed by atoms with Crippen molar-refractivity contribution < 1.29 is 9.90 Å². The molecule has 0 unspecified atom stereocenters. The molecule has 1 aliphatic rings. The van der Waals surface area contributed by atoms with Crippen molar-refractivity contribution in [1.82, 2.24) is 4.90 Å². The maximum atomic E-state index is 11.8. The van der Waals surface area contributed by atoms with E-state index in [1.807, 2.05) is 66.9 Å². The van der Waals surface area contributed by atoms with Gasteiger partial charge in [-0.2, -0.15) is 0 Å². The minimum absolute atomic E-state index is 0.220. The largest absolute Gasteiger partial charge is 0.465 e. The van der Waals surface area contributed by atoms with Crippen molar-refractivity contribution in [1.29, 1.82) is 0 Å². The van der Waals surface area contributed by atoms with Crippen LogP contribution in [0.4, 0.5) is 4.79 Å². The van der Waals surface area contributed by atoms with E-state index >= 15 is 0 Å². The zero-order chi connectivity index (χ0) is 15.5. The highest BCUT2D eigenvalue weighted by Gasteiger charge is 2.41. The summed E-state index contributed by atoms with van der Waals surface area (Å²) in [6.07, 6.45) is 0.880. The molecule has 0 bridgehead atoms. The normalized spacial score (nSPS) is 20.8. The van der Waals surface area contributed by atoms with E-state index in [0.29, 0.717) is 5.17 Å². The lowest BCUT2D eigenvalue weighted by Gasteiger charge is -2.26. The van der Waals surface area contributed by atoms with Crippen LogP contribution in [0.3, 0.4) is 0 Å². The molecule has 5 heteroatoms. The van der Waals surface area contributed by atoms with E-state index in [1.54, 1.807) is 0 Å². The molecule has 2 aromatic carbocycles. The van der Waals surface area contributed by atoms with Crippen LogP contribution in [0.5, 0.6) is 0 Å². The Hall–Kier alpha value is -2.27. The Morgan fingerprint density at radius 3 is 2.09 bits per heavy atom. The molecule has 4 nitrogen and oxygen atoms in total. The molecular formula is C17H16N2O2S. The highest BCUT2D eigenvalue weighted by atomic mass is 32.2. The first-order chi connectivity index (χ1) is 10.7. The van der Waals surface area contributed by atoms with E-state index in [2.05, 4.69) is 4.99 Å². The van der Waals surface area contributed by atoms with Crippen molar-refractivity contribution >= 4 is 23.0 Å². The second kappa shape index (κ2) is 6.23. The minimum Gasteiger partial charge on any atom is -0.465 e. The number of carboxylic acid groups (broad SMARTS) is 1. The Kier molecular flexibility index (Phi) is 4.15. The number of amides is 1. The SMILES string of the molecule is CSC1=N[C@@H](c2ccccc2)[C@H](c2ccccc2)N1C(=O)O. The Morgan fingerprint density at radius 1 is 1.05 bits per heavy atom. The van der Waals surface area contributed by atoms with Crippen molar-refractivity contribution in [2.45, 2.75) is 12.1 Å². The molecule has 0 saturated heterocycles. The van der Waals surface area contributed by atoms with Crippen molar-refractivity contribution in [3.63, 3.8) is 0 Å². The molecule has 0 saturated carbocycles. The molecule has 0 spiro atoms. The molecular weight excluding hydrogens is 296 g/mol. The highest BCUT2D eigenvalue weighted by Crippen LogP contribution is 2.43. The van der Waals surface area contributed by atoms with Crippen LogP contribution in [0.15, 0.2) is 65.7 Å². The quantitative estimate of drug-likeness (QED) is 0.905. The van der Waals surface area contributed by atoms with E-state index < -0.39 is 6.09 Å². The summed E-state index contributed by atoms with van der Waals surface area (Å²) in [5, 5.41) is 10.2. The standard InChI is InChI=1S/C17H16N2O2S/c1-22-16-18-14(12-8-4-2-5-9-12)15(19(16)17(20)21)13-10-6-3-7-11-13/h2-11,14-15H,1H3,(H,20,21)/t14-,15-/m0/s1. The molecule has 0 aromatic heterocycles. The number of thioether (sulfide) groups is 1. The summed E-state index contributed by atoms with van der Waals surface area (Å²) < 4.78 is 0. The zero-order valence-electron chi connectivity index (χ0n) is 12.1. The first-order valence-electron chi connectivity index (χ1n) is 6.96.